The molecule has 0 amide bonds. The van der Waals surface area contributed by atoms with Crippen LogP contribution in [0.1, 0.15) is 16.9 Å². The van der Waals surface area contributed by atoms with Crippen LogP contribution < -0.4 is 10.0 Å². The van der Waals surface area contributed by atoms with Crippen LogP contribution in [0.2, 0.25) is 0 Å². The lowest BCUT2D eigenvalue weighted by atomic mass is 10.4. The Labute approximate surface area is 106 Å². The van der Waals surface area contributed by atoms with Gasteiger partial charge in [-0.25, -0.2) is 0 Å². The third kappa shape index (κ3) is 3.51. The number of hydrogen-bond donors (Lipinski definition) is 1. The predicted molar refractivity (Wildman–Crippen MR) is 62.0 cm³/mol. The monoisotopic (exact) mass is 253 g/mol. The highest BCUT2D eigenvalue weighted by Gasteiger charge is 2.14. The summed E-state index contributed by atoms with van der Waals surface area (Å²) in [4.78, 5) is 14.5. The number of carboxylic acid groups (broad SMARTS) is 1. The van der Waals surface area contributed by atoms with E-state index < -0.39 is 5.97 Å². The van der Waals surface area contributed by atoms with Crippen LogP contribution in [0.25, 0.3) is 0 Å². The minimum atomic E-state index is -1.28. The third-order valence-electron chi connectivity index (χ3n) is 3.33. The molecular weight excluding hydrogens is 234 g/mol. The molecule has 0 radical (unpaired) electrons. The Morgan fingerprint density at radius 2 is 2.28 bits per heavy atom. The van der Waals surface area contributed by atoms with Gasteiger partial charge in [0.15, 0.2) is 0 Å². The van der Waals surface area contributed by atoms with Gasteiger partial charge in [0.25, 0.3) is 0 Å². The first kappa shape index (κ1) is 13.0. The molecule has 1 aliphatic heterocycles. The van der Waals surface area contributed by atoms with Gasteiger partial charge in [-0.3, -0.25) is 9.58 Å². The minimum Gasteiger partial charge on any atom is -0.543 e. The number of carboxylic acids is 1. The van der Waals surface area contributed by atoms with E-state index in [1.165, 1.54) is 19.2 Å². The van der Waals surface area contributed by atoms with Crippen molar-refractivity contribution in [3.05, 3.63) is 11.9 Å². The first-order chi connectivity index (χ1) is 8.65. The van der Waals surface area contributed by atoms with Crippen molar-refractivity contribution in [1.29, 1.82) is 0 Å². The van der Waals surface area contributed by atoms with E-state index >= 15 is 0 Å². The fourth-order valence-corrected chi connectivity index (χ4v) is 2.16. The smallest absolute Gasteiger partial charge is 0.128 e. The Morgan fingerprint density at radius 3 is 3.00 bits per heavy atom. The maximum atomic E-state index is 10.6. The van der Waals surface area contributed by atoms with Crippen LogP contribution in [-0.2, 0) is 6.54 Å². The number of hydrogen-bond acceptors (Lipinski definition) is 5. The number of quaternary nitrogens is 1. The first-order valence-corrected chi connectivity index (χ1v) is 6.30. The minimum absolute atomic E-state index is 0.102. The average Bonchev–Trinajstić information content (AvgIpc) is 2.72. The van der Waals surface area contributed by atoms with Gasteiger partial charge in [-0.2, -0.15) is 0 Å². The quantitative estimate of drug-likeness (QED) is 0.613. The molecule has 0 bridgehead atoms. The van der Waals surface area contributed by atoms with Crippen molar-refractivity contribution in [3.8, 4) is 0 Å². The molecule has 1 unspecified atom stereocenters. The van der Waals surface area contributed by atoms with E-state index in [1.54, 1.807) is 9.58 Å². The fraction of sp³-hybridized carbons (Fsp3) is 0.727. The fourth-order valence-electron chi connectivity index (χ4n) is 2.16. The van der Waals surface area contributed by atoms with Crippen molar-refractivity contribution in [2.45, 2.75) is 13.0 Å². The van der Waals surface area contributed by atoms with E-state index in [1.807, 2.05) is 0 Å². The van der Waals surface area contributed by atoms with Crippen LogP contribution >= 0.6 is 0 Å². The molecule has 1 aromatic rings. The predicted octanol–water partition coefficient (Wildman–Crippen LogP) is -3.14. The van der Waals surface area contributed by atoms with Gasteiger partial charge in [-0.15, -0.1) is 5.10 Å². The van der Waals surface area contributed by atoms with Crippen LogP contribution in [0.3, 0.4) is 0 Å². The molecule has 2 heterocycles. The van der Waals surface area contributed by atoms with Crippen LogP contribution in [0, 0.1) is 0 Å². The van der Waals surface area contributed by atoms with Gasteiger partial charge in [-0.05, 0) is 0 Å². The highest BCUT2D eigenvalue weighted by Crippen LogP contribution is 1.96. The zero-order valence-corrected chi connectivity index (χ0v) is 10.6. The van der Waals surface area contributed by atoms with Crippen molar-refractivity contribution < 1.29 is 14.8 Å². The van der Waals surface area contributed by atoms with Crippen LogP contribution in [0.15, 0.2) is 6.20 Å². The average molecular weight is 253 g/mol. The Kier molecular flexibility index (Phi) is 4.27. The molecule has 1 fully saturated rings. The Balaban J connectivity index is 1.81. The van der Waals surface area contributed by atoms with Crippen LogP contribution in [0.4, 0.5) is 0 Å². The molecule has 2 rings (SSSR count). The summed E-state index contributed by atoms with van der Waals surface area (Å²) in [6.07, 6.45) is 2.62. The van der Waals surface area contributed by atoms with Gasteiger partial charge in [-0.1, -0.05) is 5.21 Å². The largest absolute Gasteiger partial charge is 0.543 e. The molecule has 100 valence electrons. The highest BCUT2D eigenvalue weighted by atomic mass is 16.4. The summed E-state index contributed by atoms with van der Waals surface area (Å²) < 4.78 is 1.56. The molecule has 0 aromatic carbocycles. The number of rotatable bonds is 4. The van der Waals surface area contributed by atoms with E-state index in [9.17, 15) is 9.90 Å². The van der Waals surface area contributed by atoms with Gasteiger partial charge in [0.2, 0.25) is 0 Å². The molecule has 0 saturated carbocycles. The number of carbonyl (C=O) groups excluding carboxylic acids is 1. The SMILES string of the molecule is C[NH+]1CCCN(CCn2cc(C(=O)[O-])nn2)CC1. The number of likely N-dealkylation sites (N-methyl/N-ethyl adjacent to an activating group) is 1. The summed E-state index contributed by atoms with van der Waals surface area (Å²) >= 11 is 0. The molecule has 7 heteroatoms. The van der Waals surface area contributed by atoms with Gasteiger partial charge in [0.1, 0.15) is 5.69 Å². The lowest BCUT2D eigenvalue weighted by Crippen LogP contribution is -3.09. The number of nitrogens with zero attached hydrogens (tertiary/aromatic N) is 4. The molecule has 1 aliphatic rings. The molecule has 1 saturated heterocycles. The summed E-state index contributed by atoms with van der Waals surface area (Å²) in [5, 5.41) is 17.9. The van der Waals surface area contributed by atoms with E-state index in [-0.39, 0.29) is 5.69 Å². The number of carbonyl (C=O) groups is 1. The summed E-state index contributed by atoms with van der Waals surface area (Å²) in [5.74, 6) is -1.28. The summed E-state index contributed by atoms with van der Waals surface area (Å²) in [7, 11) is 2.22. The number of aromatic nitrogens is 3. The lowest BCUT2D eigenvalue weighted by Gasteiger charge is -2.18. The van der Waals surface area contributed by atoms with Crippen molar-refractivity contribution in [2.24, 2.45) is 0 Å². The van der Waals surface area contributed by atoms with E-state index in [4.69, 9.17) is 0 Å². The summed E-state index contributed by atoms with van der Waals surface area (Å²) in [6, 6.07) is 0. The van der Waals surface area contributed by atoms with E-state index in [0.717, 1.165) is 26.2 Å². The van der Waals surface area contributed by atoms with Crippen molar-refractivity contribution >= 4 is 5.97 Å². The Morgan fingerprint density at radius 1 is 1.44 bits per heavy atom. The zero-order chi connectivity index (χ0) is 13.0. The molecule has 18 heavy (non-hydrogen) atoms. The Hall–Kier alpha value is -1.47. The maximum absolute atomic E-state index is 10.6. The van der Waals surface area contributed by atoms with E-state index in [0.29, 0.717) is 6.54 Å². The summed E-state index contributed by atoms with van der Waals surface area (Å²) in [5.41, 5.74) is -0.102. The molecule has 1 aromatic heterocycles. The lowest BCUT2D eigenvalue weighted by molar-refractivity contribution is -0.877. The third-order valence-corrected chi connectivity index (χ3v) is 3.33. The second-order valence-electron chi connectivity index (χ2n) is 4.81. The molecule has 0 spiro atoms. The van der Waals surface area contributed by atoms with Crippen LogP contribution in [0.5, 0.6) is 0 Å². The van der Waals surface area contributed by atoms with Gasteiger partial charge < -0.3 is 14.8 Å². The standard InChI is InChI=1S/C11H19N5O2/c1-14-3-2-4-15(6-5-14)7-8-16-9-10(11(17)18)12-13-16/h9H,2-8H2,1H3,(H,17,18). The van der Waals surface area contributed by atoms with Crippen molar-refractivity contribution in [3.63, 3.8) is 0 Å². The maximum Gasteiger partial charge on any atom is 0.128 e. The molecule has 1 N–H and O–H groups in total. The van der Waals surface area contributed by atoms with E-state index in [2.05, 4.69) is 22.3 Å². The second kappa shape index (κ2) is 5.92. The first-order valence-electron chi connectivity index (χ1n) is 6.30. The van der Waals surface area contributed by atoms with Gasteiger partial charge in [0, 0.05) is 26.1 Å². The van der Waals surface area contributed by atoms with Crippen molar-refractivity contribution in [1.82, 2.24) is 19.9 Å². The topological polar surface area (TPSA) is 78.5 Å². The van der Waals surface area contributed by atoms with Crippen LogP contribution in [-0.4, -0.2) is 65.6 Å². The summed E-state index contributed by atoms with van der Waals surface area (Å²) in [6.45, 7) is 6.09. The second-order valence-corrected chi connectivity index (χ2v) is 4.81. The van der Waals surface area contributed by atoms with Crippen molar-refractivity contribution in [2.75, 3.05) is 39.8 Å². The Bertz CT molecular complexity index is 406. The molecule has 0 aliphatic carbocycles. The molecule has 7 nitrogen and oxygen atoms in total. The molecular formula is C11H19N5O2. The van der Waals surface area contributed by atoms with Gasteiger partial charge >= 0.3 is 0 Å². The number of aromatic carboxylic acids is 1. The zero-order valence-electron chi connectivity index (χ0n) is 10.6. The van der Waals surface area contributed by atoms with Gasteiger partial charge in [0.05, 0.1) is 38.8 Å². The normalized spacial score (nSPS) is 21.7. The molecule has 1 atom stereocenters. The number of nitrogens with one attached hydrogen (secondary N) is 1. The highest BCUT2D eigenvalue weighted by molar-refractivity contribution is 5.82.